The van der Waals surface area contributed by atoms with E-state index >= 15 is 0 Å². The molecular formula is C40H42I2N2O7. The molecule has 1 amide bonds. The lowest BCUT2D eigenvalue weighted by molar-refractivity contribution is -0.150. The molecule has 0 saturated heterocycles. The van der Waals surface area contributed by atoms with E-state index < -0.39 is 17.0 Å². The summed E-state index contributed by atoms with van der Waals surface area (Å²) in [5.41, 5.74) is 11.7. The fourth-order valence-corrected chi connectivity index (χ4v) is 7.35. The van der Waals surface area contributed by atoms with Gasteiger partial charge in [0.2, 0.25) is 0 Å². The fourth-order valence-electron chi connectivity index (χ4n) is 6.15. The van der Waals surface area contributed by atoms with Crippen molar-refractivity contribution in [2.24, 2.45) is 5.73 Å². The van der Waals surface area contributed by atoms with Crippen LogP contribution in [0.1, 0.15) is 67.9 Å². The standard InChI is InChI=1S/C20H20INO3.C12H15NO2.C8H7IO2/c1-3-25-19(24)20(11-14-8-4-5-9-15(14)12-20)22-18(23)16-10-6-7-13(2)17(16)21;1-2-15-11(14)12(13)7-9-5-3-4-6-10(9)8-12;1-5-3-2-4-6(7(5)9)8(10)11/h4-10H,3,11-12H2,1-2H3,(H,22,23);3-6H,2,7-8,13H2,1H3;2-4H,1H3,(H,10,11). The monoisotopic (exact) mass is 916 g/mol. The number of esters is 2. The van der Waals surface area contributed by atoms with Crippen LogP contribution >= 0.6 is 45.2 Å². The van der Waals surface area contributed by atoms with Crippen LogP contribution in [0.15, 0.2) is 84.9 Å². The zero-order valence-electron chi connectivity index (χ0n) is 29.1. The summed E-state index contributed by atoms with van der Waals surface area (Å²) in [6.07, 6.45) is 2.08. The first-order valence-corrected chi connectivity index (χ1v) is 18.7. The molecule has 268 valence electrons. The van der Waals surface area contributed by atoms with Crippen molar-refractivity contribution in [1.29, 1.82) is 0 Å². The van der Waals surface area contributed by atoms with Gasteiger partial charge >= 0.3 is 17.9 Å². The van der Waals surface area contributed by atoms with Crippen LogP contribution < -0.4 is 11.1 Å². The average molecular weight is 917 g/mol. The average Bonchev–Trinajstić information content (AvgIpc) is 3.66. The smallest absolute Gasteiger partial charge is 0.336 e. The Morgan fingerprint density at radius 2 is 1.08 bits per heavy atom. The molecule has 51 heavy (non-hydrogen) atoms. The molecule has 11 heteroatoms. The van der Waals surface area contributed by atoms with Crippen LogP contribution in [0.3, 0.4) is 0 Å². The lowest BCUT2D eigenvalue weighted by Gasteiger charge is -2.28. The maximum atomic E-state index is 12.9. The van der Waals surface area contributed by atoms with Gasteiger partial charge in [0.1, 0.15) is 11.1 Å². The number of rotatable bonds is 7. The molecule has 4 aromatic carbocycles. The lowest BCUT2D eigenvalue weighted by atomic mass is 9.94. The Hall–Kier alpha value is -3.82. The van der Waals surface area contributed by atoms with Gasteiger partial charge in [0.05, 0.1) is 24.3 Å². The number of amides is 1. The van der Waals surface area contributed by atoms with Gasteiger partial charge < -0.3 is 25.6 Å². The number of carboxylic acid groups (broad SMARTS) is 1. The van der Waals surface area contributed by atoms with E-state index in [1.165, 1.54) is 0 Å². The number of nitrogens with one attached hydrogen (secondary N) is 1. The highest BCUT2D eigenvalue weighted by molar-refractivity contribution is 14.1. The maximum Gasteiger partial charge on any atom is 0.336 e. The number of carbonyl (C=O) groups is 4. The number of carboxylic acids is 1. The summed E-state index contributed by atoms with van der Waals surface area (Å²) in [4.78, 5) is 47.9. The van der Waals surface area contributed by atoms with Crippen molar-refractivity contribution in [2.45, 2.75) is 64.5 Å². The third-order valence-corrected chi connectivity index (χ3v) is 11.7. The minimum Gasteiger partial charge on any atom is -0.478 e. The van der Waals surface area contributed by atoms with Crippen LogP contribution in [-0.4, -0.2) is 53.2 Å². The topological polar surface area (TPSA) is 145 Å². The van der Waals surface area contributed by atoms with E-state index in [4.69, 9.17) is 20.3 Å². The van der Waals surface area contributed by atoms with E-state index in [0.717, 1.165) is 40.5 Å². The number of aromatic carboxylic acids is 1. The van der Waals surface area contributed by atoms with Crippen LogP contribution in [0.2, 0.25) is 0 Å². The first-order valence-electron chi connectivity index (χ1n) is 16.6. The molecule has 0 heterocycles. The molecule has 0 radical (unpaired) electrons. The van der Waals surface area contributed by atoms with Crippen molar-refractivity contribution < 1.29 is 33.8 Å². The summed E-state index contributed by atoms with van der Waals surface area (Å²) in [6.45, 7) is 8.10. The van der Waals surface area contributed by atoms with E-state index in [0.29, 0.717) is 43.4 Å². The molecule has 0 bridgehead atoms. The number of benzene rings is 4. The summed E-state index contributed by atoms with van der Waals surface area (Å²) in [7, 11) is 0. The Kier molecular flexibility index (Phi) is 13.8. The normalized spacial score (nSPS) is 14.3. The van der Waals surface area contributed by atoms with E-state index in [-0.39, 0.29) is 24.5 Å². The quantitative estimate of drug-likeness (QED) is 0.136. The van der Waals surface area contributed by atoms with Crippen LogP contribution in [0.5, 0.6) is 0 Å². The number of halogens is 2. The van der Waals surface area contributed by atoms with Gasteiger partial charge in [-0.1, -0.05) is 72.8 Å². The number of hydrogen-bond donors (Lipinski definition) is 3. The Balaban J connectivity index is 0.000000190. The van der Waals surface area contributed by atoms with Crippen molar-refractivity contribution in [3.05, 3.63) is 137 Å². The van der Waals surface area contributed by atoms with E-state index in [1.54, 1.807) is 32.0 Å². The van der Waals surface area contributed by atoms with Gasteiger partial charge in [-0.2, -0.15) is 0 Å². The molecule has 2 aliphatic carbocycles. The van der Waals surface area contributed by atoms with Crippen molar-refractivity contribution in [2.75, 3.05) is 13.2 Å². The van der Waals surface area contributed by atoms with Crippen LogP contribution in [0, 0.1) is 21.0 Å². The van der Waals surface area contributed by atoms with Gasteiger partial charge in [-0.15, -0.1) is 0 Å². The molecule has 4 N–H and O–H groups in total. The van der Waals surface area contributed by atoms with Gasteiger partial charge in [-0.05, 0) is 118 Å². The second-order valence-electron chi connectivity index (χ2n) is 12.6. The molecule has 0 aliphatic heterocycles. The first-order chi connectivity index (χ1) is 24.2. The van der Waals surface area contributed by atoms with Gasteiger partial charge in [-0.3, -0.25) is 9.59 Å². The SMILES string of the molecule is CCOC(=O)C1(N)Cc2ccccc2C1.CCOC(=O)C1(NC(=O)c2cccc(C)c2I)Cc2ccccc2C1.Cc1cccc(C(=O)O)c1I. The largest absolute Gasteiger partial charge is 0.478 e. The van der Waals surface area contributed by atoms with E-state index in [2.05, 4.69) is 27.9 Å². The lowest BCUT2D eigenvalue weighted by Crippen LogP contribution is -2.56. The molecule has 0 spiro atoms. The molecule has 0 unspecified atom stereocenters. The molecule has 9 nitrogen and oxygen atoms in total. The number of nitrogens with two attached hydrogens (primary N) is 1. The Labute approximate surface area is 326 Å². The second-order valence-corrected chi connectivity index (χ2v) is 14.7. The molecule has 2 aliphatic rings. The molecule has 4 aromatic rings. The van der Waals surface area contributed by atoms with E-state index in [9.17, 15) is 19.2 Å². The molecule has 0 aromatic heterocycles. The first kappa shape index (κ1) is 40.0. The highest BCUT2D eigenvalue weighted by atomic mass is 127. The molecule has 0 atom stereocenters. The van der Waals surface area contributed by atoms with Crippen molar-refractivity contribution in [1.82, 2.24) is 5.32 Å². The number of ether oxygens (including phenoxy) is 2. The zero-order valence-corrected chi connectivity index (χ0v) is 33.4. The minimum atomic E-state index is -1.04. The molecule has 6 rings (SSSR count). The molecule has 0 fully saturated rings. The Morgan fingerprint density at radius 1 is 0.667 bits per heavy atom. The summed E-state index contributed by atoms with van der Waals surface area (Å²) < 4.78 is 12.0. The highest BCUT2D eigenvalue weighted by Gasteiger charge is 2.46. The van der Waals surface area contributed by atoms with Gasteiger partial charge in [0.15, 0.2) is 0 Å². The van der Waals surface area contributed by atoms with Crippen LogP contribution in [0.25, 0.3) is 0 Å². The van der Waals surface area contributed by atoms with Crippen LogP contribution in [0.4, 0.5) is 0 Å². The second kappa shape index (κ2) is 17.6. The third kappa shape index (κ3) is 9.54. The molecule has 0 saturated carbocycles. The van der Waals surface area contributed by atoms with Crippen molar-refractivity contribution >= 4 is 69.0 Å². The highest BCUT2D eigenvalue weighted by Crippen LogP contribution is 2.32. The summed E-state index contributed by atoms with van der Waals surface area (Å²) in [5.74, 6) is -1.77. The van der Waals surface area contributed by atoms with E-state index in [1.807, 2.05) is 103 Å². The number of aryl methyl sites for hydroxylation is 2. The zero-order chi connectivity index (χ0) is 37.3. The minimum absolute atomic E-state index is 0.242. The fraction of sp³-hybridized carbons (Fsp3) is 0.300. The Bertz CT molecular complexity index is 1880. The summed E-state index contributed by atoms with van der Waals surface area (Å²) in [6, 6.07) is 26.7. The van der Waals surface area contributed by atoms with Crippen molar-refractivity contribution in [3.8, 4) is 0 Å². The predicted octanol–water partition coefficient (Wildman–Crippen LogP) is 6.77. The molecular weight excluding hydrogens is 874 g/mol. The van der Waals surface area contributed by atoms with Gasteiger partial charge in [0, 0.05) is 32.8 Å². The predicted molar refractivity (Wildman–Crippen MR) is 213 cm³/mol. The van der Waals surface area contributed by atoms with Gasteiger partial charge in [0.25, 0.3) is 5.91 Å². The van der Waals surface area contributed by atoms with Crippen molar-refractivity contribution in [3.63, 3.8) is 0 Å². The number of hydrogen-bond acceptors (Lipinski definition) is 7. The Morgan fingerprint density at radius 3 is 1.51 bits per heavy atom. The maximum absolute atomic E-state index is 12.9. The number of fused-ring (bicyclic) bond motifs is 2. The third-order valence-electron chi connectivity index (χ3n) is 8.79. The summed E-state index contributed by atoms with van der Waals surface area (Å²) >= 11 is 4.21. The summed E-state index contributed by atoms with van der Waals surface area (Å²) in [5, 5.41) is 11.7. The number of carbonyl (C=O) groups excluding carboxylic acids is 3. The van der Waals surface area contributed by atoms with Gasteiger partial charge in [-0.25, -0.2) is 9.59 Å². The van der Waals surface area contributed by atoms with Crippen LogP contribution in [-0.2, 0) is 44.7 Å².